The second-order valence-electron chi connectivity index (χ2n) is 4.39. The van der Waals surface area contributed by atoms with Crippen molar-refractivity contribution in [1.29, 1.82) is 0 Å². The number of hydrogen-bond acceptors (Lipinski definition) is 5. The summed E-state index contributed by atoms with van der Waals surface area (Å²) >= 11 is 10.7. The zero-order valence-electron chi connectivity index (χ0n) is 11.1. The third-order valence-electron chi connectivity index (χ3n) is 2.92. The van der Waals surface area contributed by atoms with Crippen molar-refractivity contribution in [2.75, 3.05) is 6.61 Å². The lowest BCUT2D eigenvalue weighted by atomic mass is 10.0. The number of amides is 1. The highest BCUT2D eigenvalue weighted by atomic mass is 35.5. The molecule has 1 aromatic heterocycles. The molecule has 1 aromatic carbocycles. The maximum Gasteiger partial charge on any atom is 0.347 e. The number of aliphatic hydroxyl groups is 1. The van der Waals surface area contributed by atoms with Gasteiger partial charge in [0.2, 0.25) is 0 Å². The van der Waals surface area contributed by atoms with E-state index in [0.29, 0.717) is 11.0 Å². The zero-order valence-corrected chi connectivity index (χ0v) is 12.6. The van der Waals surface area contributed by atoms with Crippen LogP contribution in [0.15, 0.2) is 39.5 Å². The normalized spacial score (nSPS) is 12.4. The average molecular weight is 344 g/mol. The van der Waals surface area contributed by atoms with E-state index >= 15 is 0 Å². The number of alkyl halides is 2. The van der Waals surface area contributed by atoms with E-state index in [2.05, 4.69) is 5.32 Å². The number of hydrogen-bond donors (Lipinski definition) is 2. The van der Waals surface area contributed by atoms with Crippen molar-refractivity contribution < 1.29 is 19.1 Å². The van der Waals surface area contributed by atoms with E-state index in [9.17, 15) is 19.5 Å². The van der Waals surface area contributed by atoms with E-state index in [4.69, 9.17) is 27.6 Å². The van der Waals surface area contributed by atoms with Crippen molar-refractivity contribution in [2.45, 2.75) is 10.9 Å². The van der Waals surface area contributed by atoms with Gasteiger partial charge in [-0.25, -0.2) is 4.79 Å². The highest BCUT2D eigenvalue weighted by molar-refractivity contribution is 6.53. The lowest BCUT2D eigenvalue weighted by molar-refractivity contribution is -0.120. The Labute approximate surface area is 134 Å². The fourth-order valence-corrected chi connectivity index (χ4v) is 1.98. The molecule has 2 rings (SSSR count). The fraction of sp³-hybridized carbons (Fsp3) is 0.214. The summed E-state index contributed by atoms with van der Waals surface area (Å²) in [6.07, 6.45) is 0. The fourth-order valence-electron chi connectivity index (χ4n) is 1.85. The second kappa shape index (κ2) is 6.91. The Hall–Kier alpha value is -1.89. The predicted octanol–water partition coefficient (Wildman–Crippen LogP) is 1.26. The first kappa shape index (κ1) is 16.5. The Bertz CT molecular complexity index is 771. The summed E-state index contributed by atoms with van der Waals surface area (Å²) in [6, 6.07) is 6.66. The topological polar surface area (TPSA) is 96.6 Å². The quantitative estimate of drug-likeness (QED) is 0.484. The van der Waals surface area contributed by atoms with Crippen LogP contribution in [-0.4, -0.2) is 34.3 Å². The van der Waals surface area contributed by atoms with Gasteiger partial charge in [-0.3, -0.25) is 9.59 Å². The highest BCUT2D eigenvalue weighted by Gasteiger charge is 2.26. The molecule has 0 saturated heterocycles. The Morgan fingerprint density at radius 3 is 2.59 bits per heavy atom. The van der Waals surface area contributed by atoms with Crippen molar-refractivity contribution in [1.82, 2.24) is 5.32 Å². The van der Waals surface area contributed by atoms with Crippen LogP contribution in [0.2, 0.25) is 0 Å². The molecular weight excluding hydrogens is 333 g/mol. The van der Waals surface area contributed by atoms with E-state index < -0.39 is 34.8 Å². The minimum atomic E-state index is -1.39. The van der Waals surface area contributed by atoms with Gasteiger partial charge in [0.25, 0.3) is 5.91 Å². The lowest BCUT2D eigenvalue weighted by Crippen LogP contribution is -2.46. The largest absolute Gasteiger partial charge is 0.422 e. The average Bonchev–Trinajstić information content (AvgIpc) is 2.50. The van der Waals surface area contributed by atoms with Crippen LogP contribution in [0.3, 0.4) is 0 Å². The molecule has 2 N–H and O–H groups in total. The molecule has 8 heteroatoms. The van der Waals surface area contributed by atoms with Gasteiger partial charge in [0.05, 0.1) is 6.61 Å². The van der Waals surface area contributed by atoms with Crippen LogP contribution in [0.5, 0.6) is 0 Å². The number of nitrogens with one attached hydrogen (secondary N) is 1. The lowest BCUT2D eigenvalue weighted by Gasteiger charge is -2.15. The van der Waals surface area contributed by atoms with Crippen LogP contribution in [0.4, 0.5) is 0 Å². The molecule has 116 valence electrons. The molecule has 2 aromatic rings. The molecule has 0 aliphatic rings. The maximum atomic E-state index is 12.3. The molecule has 0 aliphatic heterocycles. The minimum Gasteiger partial charge on any atom is -0.422 e. The first-order valence-electron chi connectivity index (χ1n) is 6.20. The summed E-state index contributed by atoms with van der Waals surface area (Å²) in [5.74, 6) is -1.63. The molecule has 0 spiro atoms. The summed E-state index contributed by atoms with van der Waals surface area (Å²) in [5.41, 5.74) is -0.807. The molecular formula is C14H11Cl2NO5. The number of ketones is 1. The van der Waals surface area contributed by atoms with Crippen molar-refractivity contribution in [3.8, 4) is 0 Å². The van der Waals surface area contributed by atoms with Gasteiger partial charge in [-0.05, 0) is 12.1 Å². The van der Waals surface area contributed by atoms with Gasteiger partial charge in [0.15, 0.2) is 10.6 Å². The van der Waals surface area contributed by atoms with Crippen LogP contribution >= 0.6 is 23.2 Å². The molecule has 22 heavy (non-hydrogen) atoms. The Morgan fingerprint density at radius 2 is 1.95 bits per heavy atom. The standard InChI is InChI=1S/C14H11Cl2NO5/c15-12(16)13(20)17-9(6-18)11(19)8-5-7-3-1-2-4-10(7)22-14(8)21/h1-5,9,12,18H,6H2,(H,17,20). The van der Waals surface area contributed by atoms with Gasteiger partial charge in [0, 0.05) is 5.39 Å². The van der Waals surface area contributed by atoms with Crippen LogP contribution in [0.25, 0.3) is 11.0 Å². The van der Waals surface area contributed by atoms with Crippen molar-refractivity contribution >= 4 is 45.9 Å². The first-order valence-corrected chi connectivity index (χ1v) is 7.08. The number of halogens is 2. The predicted molar refractivity (Wildman–Crippen MR) is 81.3 cm³/mol. The Kier molecular flexibility index (Phi) is 5.18. The molecule has 1 unspecified atom stereocenters. The molecule has 1 amide bonds. The number of rotatable bonds is 5. The van der Waals surface area contributed by atoms with Crippen molar-refractivity contribution in [2.24, 2.45) is 0 Å². The minimum absolute atomic E-state index is 0.279. The van der Waals surface area contributed by atoms with Gasteiger partial charge >= 0.3 is 5.63 Å². The van der Waals surface area contributed by atoms with Crippen LogP contribution < -0.4 is 10.9 Å². The molecule has 1 heterocycles. The Morgan fingerprint density at radius 1 is 1.27 bits per heavy atom. The molecule has 0 radical (unpaired) electrons. The number of carbonyl (C=O) groups is 2. The smallest absolute Gasteiger partial charge is 0.347 e. The number of carbonyl (C=O) groups excluding carboxylic acids is 2. The number of para-hydroxylation sites is 1. The summed E-state index contributed by atoms with van der Waals surface area (Å²) in [4.78, 5) is 34.2. The molecule has 0 aliphatic carbocycles. The van der Waals surface area contributed by atoms with Crippen molar-refractivity contribution in [3.63, 3.8) is 0 Å². The van der Waals surface area contributed by atoms with Gasteiger partial charge in [-0.15, -0.1) is 0 Å². The summed E-state index contributed by atoms with van der Waals surface area (Å²) in [6.45, 7) is -0.711. The van der Waals surface area contributed by atoms with E-state index in [1.54, 1.807) is 24.3 Å². The Balaban J connectivity index is 2.37. The van der Waals surface area contributed by atoms with E-state index in [1.165, 1.54) is 6.07 Å². The third-order valence-corrected chi connectivity index (χ3v) is 3.32. The second-order valence-corrected chi connectivity index (χ2v) is 5.49. The van der Waals surface area contributed by atoms with Gasteiger partial charge in [-0.2, -0.15) is 0 Å². The van der Waals surface area contributed by atoms with Crippen LogP contribution in [0.1, 0.15) is 10.4 Å². The molecule has 0 saturated carbocycles. The third kappa shape index (κ3) is 3.47. The SMILES string of the molecule is O=C(NC(CO)C(=O)c1cc2ccccc2oc1=O)C(Cl)Cl. The van der Waals surface area contributed by atoms with Gasteiger partial charge < -0.3 is 14.8 Å². The van der Waals surface area contributed by atoms with E-state index in [1.807, 2.05) is 0 Å². The number of aliphatic hydroxyl groups excluding tert-OH is 1. The number of benzene rings is 1. The summed E-state index contributed by atoms with van der Waals surface area (Å²) in [7, 11) is 0. The number of Topliss-reactive ketones (excluding diaryl/α,β-unsaturated/α-hetero) is 1. The highest BCUT2D eigenvalue weighted by Crippen LogP contribution is 2.14. The van der Waals surface area contributed by atoms with E-state index in [-0.39, 0.29) is 5.56 Å². The van der Waals surface area contributed by atoms with Crippen LogP contribution in [-0.2, 0) is 4.79 Å². The first-order chi connectivity index (χ1) is 10.4. The van der Waals surface area contributed by atoms with Crippen molar-refractivity contribution in [3.05, 3.63) is 46.3 Å². The molecule has 6 nitrogen and oxygen atoms in total. The number of fused-ring (bicyclic) bond motifs is 1. The summed E-state index contributed by atoms with van der Waals surface area (Å²) < 4.78 is 5.04. The van der Waals surface area contributed by atoms with Gasteiger partial charge in [-0.1, -0.05) is 41.4 Å². The van der Waals surface area contributed by atoms with Gasteiger partial charge in [0.1, 0.15) is 17.2 Å². The zero-order chi connectivity index (χ0) is 16.3. The molecule has 1 atom stereocenters. The van der Waals surface area contributed by atoms with Crippen LogP contribution in [0, 0.1) is 0 Å². The van der Waals surface area contributed by atoms with E-state index in [0.717, 1.165) is 0 Å². The molecule has 0 bridgehead atoms. The monoisotopic (exact) mass is 343 g/mol. The molecule has 0 fully saturated rings. The maximum absolute atomic E-state index is 12.3. The summed E-state index contributed by atoms with van der Waals surface area (Å²) in [5, 5.41) is 11.9.